The fourth-order valence-corrected chi connectivity index (χ4v) is 6.44. The first kappa shape index (κ1) is 29.2. The Morgan fingerprint density at radius 3 is 2.62 bits per heavy atom. The van der Waals surface area contributed by atoms with Crippen molar-refractivity contribution in [2.75, 3.05) is 32.7 Å². The van der Waals surface area contributed by atoms with E-state index in [0.717, 1.165) is 24.0 Å². The van der Waals surface area contributed by atoms with Crippen LogP contribution < -0.4 is 15.4 Å². The molecular weight excluding hydrogens is 544 g/mol. The number of para-hydroxylation sites is 1. The maximum atomic E-state index is 13.5. The summed E-state index contributed by atoms with van der Waals surface area (Å²) in [5.74, 6) is -0.223. The molecule has 0 amide bonds. The number of rotatable bonds is 11. The molecule has 0 aliphatic carbocycles. The van der Waals surface area contributed by atoms with E-state index in [1.54, 1.807) is 27.0 Å². The van der Waals surface area contributed by atoms with Crippen LogP contribution in [0.2, 0.25) is 0 Å². The van der Waals surface area contributed by atoms with Crippen molar-refractivity contribution in [2.24, 2.45) is 5.14 Å². The van der Waals surface area contributed by atoms with Gasteiger partial charge in [0.05, 0.1) is 31.7 Å². The van der Waals surface area contributed by atoms with Gasteiger partial charge in [0.15, 0.2) is 0 Å². The number of thiazole rings is 1. The van der Waals surface area contributed by atoms with E-state index in [4.69, 9.17) is 24.1 Å². The third-order valence-electron chi connectivity index (χ3n) is 6.70. The van der Waals surface area contributed by atoms with Crippen LogP contribution in [-0.2, 0) is 37.1 Å². The second-order valence-corrected chi connectivity index (χ2v) is 12.1. The molecule has 10 nitrogen and oxygen atoms in total. The predicted octanol–water partition coefficient (Wildman–Crippen LogP) is 3.17. The minimum atomic E-state index is -3.80. The van der Waals surface area contributed by atoms with Crippen LogP contribution in [0.3, 0.4) is 0 Å². The normalized spacial score (nSPS) is 15.4. The summed E-state index contributed by atoms with van der Waals surface area (Å²) in [4.78, 5) is 27.1. The minimum Gasteiger partial charge on any atom is -0.496 e. The summed E-state index contributed by atoms with van der Waals surface area (Å²) in [5.41, 5.74) is 1.93. The largest absolute Gasteiger partial charge is 0.496 e. The number of primary sulfonamides is 1. The number of hydrogen-bond donors (Lipinski definition) is 1. The number of ether oxygens (including phenoxy) is 4. The number of esters is 1. The van der Waals surface area contributed by atoms with Crippen molar-refractivity contribution in [1.82, 2.24) is 4.40 Å². The average Bonchev–Trinajstić information content (AvgIpc) is 3.27. The fraction of sp³-hybridized carbons (Fsp3) is 0.481. The molecule has 12 heteroatoms. The van der Waals surface area contributed by atoms with Crippen LogP contribution in [0.15, 0.2) is 35.1 Å². The van der Waals surface area contributed by atoms with E-state index in [0.29, 0.717) is 40.8 Å². The molecule has 1 aromatic carbocycles. The van der Waals surface area contributed by atoms with Gasteiger partial charge in [0.1, 0.15) is 15.5 Å². The summed E-state index contributed by atoms with van der Waals surface area (Å²) in [6.07, 6.45) is 1.33. The van der Waals surface area contributed by atoms with Crippen LogP contribution in [0.5, 0.6) is 5.75 Å². The molecule has 39 heavy (non-hydrogen) atoms. The second-order valence-electron chi connectivity index (χ2n) is 9.38. The summed E-state index contributed by atoms with van der Waals surface area (Å²) in [5, 5.41) is 5.24. The molecule has 2 aromatic heterocycles. The van der Waals surface area contributed by atoms with Gasteiger partial charge in [0, 0.05) is 36.5 Å². The molecule has 0 spiro atoms. The zero-order valence-corrected chi connectivity index (χ0v) is 23.9. The lowest BCUT2D eigenvalue weighted by atomic mass is 9.99. The Balaban J connectivity index is 1.85. The van der Waals surface area contributed by atoms with E-state index in [-0.39, 0.29) is 36.0 Å². The Kier molecular flexibility index (Phi) is 9.44. The number of pyridine rings is 1. The highest BCUT2D eigenvalue weighted by molar-refractivity contribution is 7.89. The number of aryl methyl sites for hydroxylation is 2. The molecule has 0 radical (unpaired) electrons. The third-order valence-corrected chi connectivity index (χ3v) is 8.78. The quantitative estimate of drug-likeness (QED) is 0.343. The molecule has 0 bridgehead atoms. The molecule has 0 saturated carbocycles. The number of fused-ring (bicyclic) bond motifs is 1. The summed E-state index contributed by atoms with van der Waals surface area (Å²) < 4.78 is 47.9. The van der Waals surface area contributed by atoms with E-state index in [1.807, 2.05) is 24.3 Å². The molecular formula is C27H34N2O8S2. The van der Waals surface area contributed by atoms with Crippen molar-refractivity contribution in [1.29, 1.82) is 0 Å². The van der Waals surface area contributed by atoms with Gasteiger partial charge < -0.3 is 18.9 Å². The van der Waals surface area contributed by atoms with E-state index in [1.165, 1.54) is 15.7 Å². The smallest absolute Gasteiger partial charge is 0.350 e. The first-order chi connectivity index (χ1) is 18.6. The highest BCUT2D eigenvalue weighted by Crippen LogP contribution is 2.35. The minimum absolute atomic E-state index is 0.0300. The number of hydrogen-bond acceptors (Lipinski definition) is 9. The molecule has 3 aromatic rings. The number of sulfonamides is 1. The lowest BCUT2D eigenvalue weighted by Crippen LogP contribution is -2.27. The van der Waals surface area contributed by atoms with Crippen molar-refractivity contribution in [3.8, 4) is 5.75 Å². The van der Waals surface area contributed by atoms with Gasteiger partial charge in [-0.2, -0.15) is 0 Å². The van der Waals surface area contributed by atoms with Crippen molar-refractivity contribution in [2.45, 2.75) is 51.7 Å². The summed E-state index contributed by atoms with van der Waals surface area (Å²) in [6, 6.07) is 9.32. The molecule has 0 unspecified atom stereocenters. The zero-order valence-electron chi connectivity index (χ0n) is 22.3. The highest BCUT2D eigenvalue weighted by Gasteiger charge is 2.27. The van der Waals surface area contributed by atoms with Crippen LogP contribution >= 0.6 is 11.3 Å². The Bertz CT molecular complexity index is 1490. The monoisotopic (exact) mass is 578 g/mol. The van der Waals surface area contributed by atoms with Gasteiger partial charge in [-0.05, 0) is 50.8 Å². The Morgan fingerprint density at radius 2 is 1.95 bits per heavy atom. The van der Waals surface area contributed by atoms with Gasteiger partial charge in [0.25, 0.3) is 5.56 Å². The average molecular weight is 579 g/mol. The maximum Gasteiger partial charge on any atom is 0.350 e. The summed E-state index contributed by atoms with van der Waals surface area (Å²) >= 11 is 1.18. The highest BCUT2D eigenvalue weighted by atomic mass is 32.2. The lowest BCUT2D eigenvalue weighted by molar-refractivity contribution is -0.0699. The fourth-order valence-electron chi connectivity index (χ4n) is 4.77. The van der Waals surface area contributed by atoms with Crippen molar-refractivity contribution < 1.29 is 32.2 Å². The van der Waals surface area contributed by atoms with Crippen molar-refractivity contribution in [3.05, 3.63) is 67.9 Å². The maximum absolute atomic E-state index is 13.5. The van der Waals surface area contributed by atoms with Crippen LogP contribution in [0.25, 0.3) is 4.83 Å². The Hall–Kier alpha value is -2.77. The number of carbonyl (C=O) groups excluding carboxylic acids is 1. The van der Waals surface area contributed by atoms with E-state index < -0.39 is 22.1 Å². The molecule has 1 fully saturated rings. The molecule has 1 atom stereocenters. The van der Waals surface area contributed by atoms with E-state index in [2.05, 4.69) is 0 Å². The SMILES string of the molecule is CCOC(=O)c1sc2c(C[C@H](OC3CCOCC3)c3ccccc3OC)cc(CCS(N)(=O)=O)c(=O)n2c1C. The number of nitrogens with two attached hydrogens (primary N) is 1. The van der Waals surface area contributed by atoms with Crippen LogP contribution in [0, 0.1) is 6.92 Å². The first-order valence-corrected chi connectivity index (χ1v) is 15.4. The Labute approximate surface area is 231 Å². The third kappa shape index (κ3) is 6.87. The standard InChI is InChI=1S/C27H34N2O8S2/c1-4-36-27(31)24-17(2)29-25(30)18(11-14-39(28,32)33)15-19(26(29)38-24)16-23(37-20-9-12-35-13-10-20)21-7-5-6-8-22(21)34-3/h5-8,15,20,23H,4,9-14,16H2,1-3H3,(H2,28,32,33)/t23-/m0/s1. The van der Waals surface area contributed by atoms with E-state index in [9.17, 15) is 18.0 Å². The summed E-state index contributed by atoms with van der Waals surface area (Å²) in [7, 11) is -2.20. The van der Waals surface area contributed by atoms with Gasteiger partial charge in [-0.15, -0.1) is 11.3 Å². The first-order valence-electron chi connectivity index (χ1n) is 12.8. The van der Waals surface area contributed by atoms with Gasteiger partial charge in [-0.3, -0.25) is 9.20 Å². The molecule has 212 valence electrons. The number of nitrogens with zero attached hydrogens (tertiary/aromatic N) is 1. The van der Waals surface area contributed by atoms with Crippen LogP contribution in [-0.4, -0.2) is 57.6 Å². The second kappa shape index (κ2) is 12.6. The number of methoxy groups -OCH3 is 1. The van der Waals surface area contributed by atoms with Crippen molar-refractivity contribution in [3.63, 3.8) is 0 Å². The zero-order chi connectivity index (χ0) is 28.2. The number of carbonyl (C=O) groups is 1. The van der Waals surface area contributed by atoms with Crippen molar-refractivity contribution >= 4 is 32.2 Å². The van der Waals surface area contributed by atoms with Gasteiger partial charge in [-0.1, -0.05) is 18.2 Å². The molecule has 1 aliphatic heterocycles. The Morgan fingerprint density at radius 1 is 1.23 bits per heavy atom. The van der Waals surface area contributed by atoms with E-state index >= 15 is 0 Å². The van der Waals surface area contributed by atoms with Crippen LogP contribution in [0.4, 0.5) is 0 Å². The molecule has 4 rings (SSSR count). The van der Waals surface area contributed by atoms with Crippen LogP contribution in [0.1, 0.15) is 57.9 Å². The van der Waals surface area contributed by atoms with Gasteiger partial charge in [0.2, 0.25) is 10.0 Å². The summed E-state index contributed by atoms with van der Waals surface area (Å²) in [6.45, 7) is 4.82. The van der Waals surface area contributed by atoms with Gasteiger partial charge in [-0.25, -0.2) is 18.4 Å². The molecule has 1 aliphatic rings. The molecule has 2 N–H and O–H groups in total. The number of benzene rings is 1. The number of aromatic nitrogens is 1. The topological polar surface area (TPSA) is 136 Å². The predicted molar refractivity (Wildman–Crippen MR) is 148 cm³/mol. The lowest BCUT2D eigenvalue weighted by Gasteiger charge is -2.29. The van der Waals surface area contributed by atoms with Gasteiger partial charge >= 0.3 is 5.97 Å². The molecule has 1 saturated heterocycles. The molecule has 3 heterocycles.